The van der Waals surface area contributed by atoms with Crippen molar-refractivity contribution in [3.05, 3.63) is 149 Å². The molecule has 0 saturated heterocycles. The molecule has 7 aromatic carbocycles. The molecule has 3 heteroatoms. The van der Waals surface area contributed by atoms with Crippen molar-refractivity contribution >= 4 is 93.3 Å². The van der Waals surface area contributed by atoms with E-state index in [9.17, 15) is 0 Å². The standard InChI is InChI=1S/C56H53N3/c1-32-16-15-17-33(2)51(32)57(37-18-13-12-14-19-37)38-21-22-39-43-25-35(55(6,7)8)27-45-42-30-49-41(31-50(42)59(52(43)45)48(39)29-38)46-28-36(56(9,10)11)26-44-40-24-34(54(3,4)5)20-23-47(40)58(49)53(44)46/h12-31H,1-11H3. The third kappa shape index (κ3) is 5.06. The van der Waals surface area contributed by atoms with Crippen molar-refractivity contribution in [3.8, 4) is 0 Å². The number of benzene rings is 7. The third-order valence-electron chi connectivity index (χ3n) is 13.4. The number of rotatable bonds is 3. The molecule has 59 heavy (non-hydrogen) atoms. The van der Waals surface area contributed by atoms with Crippen LogP contribution in [0.2, 0.25) is 0 Å². The lowest BCUT2D eigenvalue weighted by molar-refractivity contribution is 0.590. The Hall–Kier alpha value is -6.06. The van der Waals surface area contributed by atoms with E-state index < -0.39 is 0 Å². The first-order valence-corrected chi connectivity index (χ1v) is 21.4. The highest BCUT2D eigenvalue weighted by atomic mass is 15.1. The summed E-state index contributed by atoms with van der Waals surface area (Å²) < 4.78 is 5.16. The zero-order valence-electron chi connectivity index (χ0n) is 36.4. The molecule has 0 spiro atoms. The highest BCUT2D eigenvalue weighted by Gasteiger charge is 2.28. The molecule has 11 aromatic rings. The minimum absolute atomic E-state index is 0.000884. The molecular weight excluding hydrogens is 715 g/mol. The number of aromatic nitrogens is 2. The number of hydrogen-bond donors (Lipinski definition) is 0. The average Bonchev–Trinajstić information content (AvgIpc) is 3.90. The highest BCUT2D eigenvalue weighted by molar-refractivity contribution is 6.29. The van der Waals surface area contributed by atoms with Crippen molar-refractivity contribution in [1.29, 1.82) is 0 Å². The first-order chi connectivity index (χ1) is 28.0. The SMILES string of the molecule is Cc1cccc(C)c1N(c1ccccc1)c1ccc2c3cc(C(C)(C)C)cc4c5cc6c(cc5n(c2c1)c34)c1cc(C(C)(C)C)cc2c3cc(C(C)(C)C)ccc3n6c21. The van der Waals surface area contributed by atoms with Crippen LogP contribution in [0.3, 0.4) is 0 Å². The van der Waals surface area contributed by atoms with Crippen molar-refractivity contribution in [2.45, 2.75) is 92.4 Å². The van der Waals surface area contributed by atoms with Crippen molar-refractivity contribution < 1.29 is 0 Å². The summed E-state index contributed by atoms with van der Waals surface area (Å²) >= 11 is 0. The molecule has 0 fully saturated rings. The summed E-state index contributed by atoms with van der Waals surface area (Å²) in [6, 6.07) is 46.8. The minimum atomic E-state index is -0.0157. The lowest BCUT2D eigenvalue weighted by atomic mass is 9.84. The Morgan fingerprint density at radius 2 is 0.814 bits per heavy atom. The predicted molar refractivity (Wildman–Crippen MR) is 256 cm³/mol. The van der Waals surface area contributed by atoms with Gasteiger partial charge in [-0.2, -0.15) is 0 Å². The van der Waals surface area contributed by atoms with Crippen LogP contribution < -0.4 is 4.90 Å². The quantitative estimate of drug-likeness (QED) is 0.174. The average molecular weight is 768 g/mol. The van der Waals surface area contributed by atoms with Gasteiger partial charge < -0.3 is 13.7 Å². The van der Waals surface area contributed by atoms with Gasteiger partial charge >= 0.3 is 0 Å². The summed E-state index contributed by atoms with van der Waals surface area (Å²) in [5.74, 6) is 0. The molecule has 3 nitrogen and oxygen atoms in total. The van der Waals surface area contributed by atoms with Gasteiger partial charge in [0.25, 0.3) is 0 Å². The van der Waals surface area contributed by atoms with E-state index in [1.54, 1.807) is 0 Å². The molecule has 0 unspecified atom stereocenters. The molecule has 0 N–H and O–H groups in total. The predicted octanol–water partition coefficient (Wildman–Crippen LogP) is 16.0. The molecule has 0 atom stereocenters. The summed E-state index contributed by atoms with van der Waals surface area (Å²) in [6.07, 6.45) is 0. The molecule has 0 bridgehead atoms. The van der Waals surface area contributed by atoms with Crippen molar-refractivity contribution in [3.63, 3.8) is 0 Å². The van der Waals surface area contributed by atoms with Gasteiger partial charge in [0, 0.05) is 54.5 Å². The lowest BCUT2D eigenvalue weighted by Crippen LogP contribution is -2.12. The summed E-state index contributed by atoms with van der Waals surface area (Å²) in [7, 11) is 0. The monoisotopic (exact) mass is 767 g/mol. The van der Waals surface area contributed by atoms with Gasteiger partial charge in [0.15, 0.2) is 0 Å². The second-order valence-electron chi connectivity index (χ2n) is 20.5. The van der Waals surface area contributed by atoms with Crippen LogP contribution in [0, 0.1) is 13.8 Å². The van der Waals surface area contributed by atoms with Crippen LogP contribution in [0.25, 0.3) is 76.2 Å². The van der Waals surface area contributed by atoms with Crippen molar-refractivity contribution in [2.75, 3.05) is 4.90 Å². The van der Waals surface area contributed by atoms with Gasteiger partial charge in [-0.25, -0.2) is 0 Å². The first kappa shape index (κ1) is 36.1. The molecule has 292 valence electrons. The fourth-order valence-electron chi connectivity index (χ4n) is 10.2. The first-order valence-electron chi connectivity index (χ1n) is 21.4. The van der Waals surface area contributed by atoms with Crippen LogP contribution in [-0.4, -0.2) is 8.80 Å². The van der Waals surface area contributed by atoms with E-state index in [0.29, 0.717) is 0 Å². The van der Waals surface area contributed by atoms with Crippen LogP contribution in [-0.2, 0) is 16.2 Å². The number of aryl methyl sites for hydroxylation is 2. The van der Waals surface area contributed by atoms with E-state index in [1.807, 2.05) is 0 Å². The third-order valence-corrected chi connectivity index (χ3v) is 13.4. The maximum atomic E-state index is 2.59. The largest absolute Gasteiger partial charge is 0.310 e. The van der Waals surface area contributed by atoms with Gasteiger partial charge in [0.2, 0.25) is 0 Å². The second kappa shape index (κ2) is 11.8. The Morgan fingerprint density at radius 3 is 1.34 bits per heavy atom. The Kier molecular flexibility index (Phi) is 7.20. The molecule has 0 amide bonds. The Balaban J connectivity index is 1.29. The molecule has 0 radical (unpaired) electrons. The topological polar surface area (TPSA) is 12.1 Å². The second-order valence-corrected chi connectivity index (χ2v) is 20.5. The molecular formula is C56H53N3. The van der Waals surface area contributed by atoms with Crippen molar-refractivity contribution in [2.24, 2.45) is 0 Å². The van der Waals surface area contributed by atoms with E-state index in [2.05, 4.69) is 211 Å². The smallest absolute Gasteiger partial charge is 0.0620 e. The van der Waals surface area contributed by atoms with E-state index in [4.69, 9.17) is 0 Å². The maximum absolute atomic E-state index is 2.59. The zero-order chi connectivity index (χ0) is 41.1. The van der Waals surface area contributed by atoms with E-state index in [-0.39, 0.29) is 16.2 Å². The molecule has 4 heterocycles. The molecule has 0 aliphatic carbocycles. The minimum Gasteiger partial charge on any atom is -0.310 e. The zero-order valence-corrected chi connectivity index (χ0v) is 36.4. The maximum Gasteiger partial charge on any atom is 0.0620 e. The molecule has 0 aliphatic rings. The van der Waals surface area contributed by atoms with Gasteiger partial charge in [-0.15, -0.1) is 0 Å². The molecule has 0 saturated carbocycles. The lowest BCUT2D eigenvalue weighted by Gasteiger charge is -2.28. The number of anilines is 3. The number of nitrogens with zero attached hydrogens (tertiary/aromatic N) is 3. The molecule has 0 aliphatic heterocycles. The number of para-hydroxylation sites is 2. The molecule has 4 aromatic heterocycles. The van der Waals surface area contributed by atoms with Gasteiger partial charge in [0.05, 0.1) is 38.8 Å². The van der Waals surface area contributed by atoms with Crippen LogP contribution in [0.1, 0.15) is 90.1 Å². The summed E-state index contributed by atoms with van der Waals surface area (Å²) in [5, 5.41) is 10.6. The van der Waals surface area contributed by atoms with Gasteiger partial charge in [-0.05, 0) is 131 Å². The van der Waals surface area contributed by atoms with Crippen LogP contribution in [0.15, 0.2) is 121 Å². The summed E-state index contributed by atoms with van der Waals surface area (Å²) in [5.41, 5.74) is 17.9. The fraction of sp³-hybridized carbons (Fsp3) is 0.250. The number of fused-ring (bicyclic) bond motifs is 12. The van der Waals surface area contributed by atoms with Crippen LogP contribution in [0.4, 0.5) is 17.1 Å². The Morgan fingerprint density at radius 1 is 0.356 bits per heavy atom. The van der Waals surface area contributed by atoms with Crippen molar-refractivity contribution in [1.82, 2.24) is 8.80 Å². The van der Waals surface area contributed by atoms with Gasteiger partial charge in [-0.3, -0.25) is 0 Å². The van der Waals surface area contributed by atoms with E-state index in [1.165, 1.54) is 110 Å². The summed E-state index contributed by atoms with van der Waals surface area (Å²) in [6.45, 7) is 25.5. The van der Waals surface area contributed by atoms with E-state index in [0.717, 1.165) is 11.4 Å². The Bertz CT molecular complexity index is 3480. The van der Waals surface area contributed by atoms with E-state index >= 15 is 0 Å². The van der Waals surface area contributed by atoms with Crippen LogP contribution >= 0.6 is 0 Å². The Labute approximate surface area is 347 Å². The molecule has 11 rings (SSSR count). The van der Waals surface area contributed by atoms with Crippen LogP contribution in [0.5, 0.6) is 0 Å². The van der Waals surface area contributed by atoms with Gasteiger partial charge in [-0.1, -0.05) is 111 Å². The number of hydrogen-bond acceptors (Lipinski definition) is 1. The summed E-state index contributed by atoms with van der Waals surface area (Å²) in [4.78, 5) is 2.45. The van der Waals surface area contributed by atoms with Gasteiger partial charge in [0.1, 0.15) is 0 Å². The fourth-order valence-corrected chi connectivity index (χ4v) is 10.2. The normalized spacial score (nSPS) is 13.3. The highest BCUT2D eigenvalue weighted by Crippen LogP contribution is 2.48.